The summed E-state index contributed by atoms with van der Waals surface area (Å²) in [7, 11) is 0. The van der Waals surface area contributed by atoms with E-state index in [2.05, 4.69) is 36.2 Å². The summed E-state index contributed by atoms with van der Waals surface area (Å²) in [5.41, 5.74) is 1.68. The zero-order valence-electron chi connectivity index (χ0n) is 14.0. The summed E-state index contributed by atoms with van der Waals surface area (Å²) in [4.78, 5) is 16.4. The maximum atomic E-state index is 12.4. The Bertz CT molecular complexity index is 667. The molecule has 1 aliphatic rings. The predicted octanol–water partition coefficient (Wildman–Crippen LogP) is 2.45. The standard InChI is InChI=1S/C17H24N4O2/c1-17(2,3)12-4-5-14-13(10-12)15(20-23-14)16(22)19-7-9-21-8-6-18-11-21/h6,8,11-12H,4-5,7,9-10H2,1-3H3,(H,19,22)/t12-/m0/s1. The maximum Gasteiger partial charge on any atom is 0.273 e. The Kier molecular flexibility index (Phi) is 4.24. The van der Waals surface area contributed by atoms with E-state index in [1.807, 2.05) is 10.8 Å². The molecule has 2 aromatic heterocycles. The highest BCUT2D eigenvalue weighted by Gasteiger charge is 2.33. The van der Waals surface area contributed by atoms with Gasteiger partial charge in [0, 0.05) is 37.5 Å². The molecule has 6 nitrogen and oxygen atoms in total. The van der Waals surface area contributed by atoms with Gasteiger partial charge in [-0.1, -0.05) is 25.9 Å². The van der Waals surface area contributed by atoms with Crippen molar-refractivity contribution in [3.63, 3.8) is 0 Å². The molecule has 23 heavy (non-hydrogen) atoms. The van der Waals surface area contributed by atoms with Crippen LogP contribution in [0.3, 0.4) is 0 Å². The maximum absolute atomic E-state index is 12.4. The van der Waals surface area contributed by atoms with Crippen LogP contribution in [-0.2, 0) is 19.4 Å². The molecule has 0 aliphatic heterocycles. The smallest absolute Gasteiger partial charge is 0.273 e. The van der Waals surface area contributed by atoms with Crippen molar-refractivity contribution < 1.29 is 9.32 Å². The second-order valence-electron chi connectivity index (χ2n) is 7.30. The third-order valence-electron chi connectivity index (χ3n) is 4.69. The Hall–Kier alpha value is -2.11. The van der Waals surface area contributed by atoms with Gasteiger partial charge in [-0.05, 0) is 24.2 Å². The van der Waals surface area contributed by atoms with Crippen molar-refractivity contribution in [2.75, 3.05) is 6.54 Å². The topological polar surface area (TPSA) is 73.0 Å². The molecule has 0 aromatic carbocycles. The van der Waals surface area contributed by atoms with E-state index < -0.39 is 0 Å². The molecule has 0 bridgehead atoms. The van der Waals surface area contributed by atoms with E-state index >= 15 is 0 Å². The second-order valence-corrected chi connectivity index (χ2v) is 7.30. The first-order chi connectivity index (χ1) is 10.9. The average molecular weight is 316 g/mol. The molecule has 6 heteroatoms. The van der Waals surface area contributed by atoms with Crippen molar-refractivity contribution in [1.29, 1.82) is 0 Å². The number of amides is 1. The summed E-state index contributed by atoms with van der Waals surface area (Å²) in [5, 5.41) is 6.94. The fraction of sp³-hybridized carbons (Fsp3) is 0.588. The summed E-state index contributed by atoms with van der Waals surface area (Å²) < 4.78 is 7.32. The van der Waals surface area contributed by atoms with Gasteiger partial charge in [0.2, 0.25) is 0 Å². The lowest BCUT2D eigenvalue weighted by molar-refractivity contribution is 0.0942. The number of nitrogens with one attached hydrogen (secondary N) is 1. The Morgan fingerprint density at radius 1 is 1.48 bits per heavy atom. The molecule has 2 heterocycles. The molecule has 0 saturated carbocycles. The average Bonchev–Trinajstić information content (AvgIpc) is 3.14. The Morgan fingerprint density at radius 3 is 3.00 bits per heavy atom. The van der Waals surface area contributed by atoms with E-state index in [4.69, 9.17) is 4.52 Å². The fourth-order valence-corrected chi connectivity index (χ4v) is 3.12. The number of carbonyl (C=O) groups excluding carboxylic acids is 1. The minimum atomic E-state index is -0.148. The number of rotatable bonds is 4. The second kappa shape index (κ2) is 6.18. The molecular formula is C17H24N4O2. The highest BCUT2D eigenvalue weighted by atomic mass is 16.5. The van der Waals surface area contributed by atoms with Gasteiger partial charge in [-0.3, -0.25) is 4.79 Å². The van der Waals surface area contributed by atoms with Crippen molar-refractivity contribution in [2.45, 2.75) is 46.6 Å². The zero-order valence-corrected chi connectivity index (χ0v) is 14.0. The molecule has 1 amide bonds. The third kappa shape index (κ3) is 3.46. The lowest BCUT2D eigenvalue weighted by Crippen LogP contribution is -2.30. The Balaban J connectivity index is 1.65. The van der Waals surface area contributed by atoms with Gasteiger partial charge in [-0.2, -0.15) is 0 Å². The first kappa shape index (κ1) is 15.8. The number of hydrogen-bond donors (Lipinski definition) is 1. The van der Waals surface area contributed by atoms with Crippen LogP contribution in [0.5, 0.6) is 0 Å². The minimum Gasteiger partial charge on any atom is -0.360 e. The third-order valence-corrected chi connectivity index (χ3v) is 4.69. The molecule has 124 valence electrons. The number of nitrogens with zero attached hydrogens (tertiary/aromatic N) is 3. The van der Waals surface area contributed by atoms with Gasteiger partial charge in [0.15, 0.2) is 5.69 Å². The highest BCUT2D eigenvalue weighted by Crippen LogP contribution is 2.38. The van der Waals surface area contributed by atoms with Crippen molar-refractivity contribution in [3.05, 3.63) is 35.7 Å². The molecule has 1 N–H and O–H groups in total. The summed E-state index contributed by atoms with van der Waals surface area (Å²) >= 11 is 0. The van der Waals surface area contributed by atoms with Gasteiger partial charge in [-0.15, -0.1) is 0 Å². The van der Waals surface area contributed by atoms with Crippen LogP contribution < -0.4 is 5.32 Å². The van der Waals surface area contributed by atoms with Crippen molar-refractivity contribution in [3.8, 4) is 0 Å². The van der Waals surface area contributed by atoms with Crippen LogP contribution in [0.2, 0.25) is 0 Å². The van der Waals surface area contributed by atoms with Crippen LogP contribution in [0.1, 0.15) is 49.0 Å². The normalized spacial score (nSPS) is 17.8. The largest absolute Gasteiger partial charge is 0.360 e. The molecule has 0 fully saturated rings. The molecule has 3 rings (SSSR count). The van der Waals surface area contributed by atoms with Gasteiger partial charge in [-0.25, -0.2) is 4.98 Å². The van der Waals surface area contributed by atoms with Crippen LogP contribution in [0.15, 0.2) is 23.2 Å². The summed E-state index contributed by atoms with van der Waals surface area (Å²) in [5.74, 6) is 1.28. The number of carbonyl (C=O) groups is 1. The van der Waals surface area contributed by atoms with Crippen molar-refractivity contribution >= 4 is 5.91 Å². The lowest BCUT2D eigenvalue weighted by atomic mass is 9.71. The molecule has 0 saturated heterocycles. The van der Waals surface area contributed by atoms with E-state index in [-0.39, 0.29) is 11.3 Å². The molecule has 0 radical (unpaired) electrons. The Labute approximate surface area is 136 Å². The lowest BCUT2D eigenvalue weighted by Gasteiger charge is -2.33. The predicted molar refractivity (Wildman–Crippen MR) is 86.0 cm³/mol. The van der Waals surface area contributed by atoms with Crippen LogP contribution in [0.4, 0.5) is 0 Å². The highest BCUT2D eigenvalue weighted by molar-refractivity contribution is 5.93. The number of aryl methyl sites for hydroxylation is 1. The number of imidazole rings is 1. The molecular weight excluding hydrogens is 292 g/mol. The minimum absolute atomic E-state index is 0.148. The molecule has 0 spiro atoms. The molecule has 2 aromatic rings. The zero-order chi connectivity index (χ0) is 16.4. The Morgan fingerprint density at radius 2 is 2.30 bits per heavy atom. The first-order valence-corrected chi connectivity index (χ1v) is 8.16. The molecule has 1 aliphatic carbocycles. The SMILES string of the molecule is CC(C)(C)[C@H]1CCc2onc(C(=O)NCCn3ccnc3)c2C1. The van der Waals surface area contributed by atoms with E-state index in [9.17, 15) is 4.79 Å². The summed E-state index contributed by atoms with van der Waals surface area (Å²) in [6.07, 6.45) is 8.16. The number of fused-ring (bicyclic) bond motifs is 1. The monoisotopic (exact) mass is 316 g/mol. The van der Waals surface area contributed by atoms with E-state index in [1.54, 1.807) is 12.5 Å². The van der Waals surface area contributed by atoms with Gasteiger partial charge in [0.05, 0.1) is 6.33 Å². The fourth-order valence-electron chi connectivity index (χ4n) is 3.12. The van der Waals surface area contributed by atoms with Gasteiger partial charge in [0.25, 0.3) is 5.91 Å². The van der Waals surface area contributed by atoms with Crippen molar-refractivity contribution in [1.82, 2.24) is 20.0 Å². The number of hydrogen-bond acceptors (Lipinski definition) is 4. The quantitative estimate of drug-likeness (QED) is 0.940. The van der Waals surface area contributed by atoms with Gasteiger partial charge >= 0.3 is 0 Å². The van der Waals surface area contributed by atoms with E-state index in [0.29, 0.717) is 24.7 Å². The van der Waals surface area contributed by atoms with Crippen LogP contribution in [-0.4, -0.2) is 27.2 Å². The van der Waals surface area contributed by atoms with Crippen LogP contribution >= 0.6 is 0 Å². The first-order valence-electron chi connectivity index (χ1n) is 8.16. The van der Waals surface area contributed by atoms with Crippen LogP contribution in [0, 0.1) is 11.3 Å². The van der Waals surface area contributed by atoms with E-state index in [0.717, 1.165) is 30.6 Å². The molecule has 0 unspecified atom stereocenters. The summed E-state index contributed by atoms with van der Waals surface area (Å²) in [6.45, 7) is 7.99. The van der Waals surface area contributed by atoms with Crippen molar-refractivity contribution in [2.24, 2.45) is 11.3 Å². The molecule has 1 atom stereocenters. The van der Waals surface area contributed by atoms with E-state index in [1.165, 1.54) is 0 Å². The number of aromatic nitrogens is 3. The summed E-state index contributed by atoms with van der Waals surface area (Å²) in [6, 6.07) is 0. The van der Waals surface area contributed by atoms with Gasteiger partial charge < -0.3 is 14.4 Å². The van der Waals surface area contributed by atoms with Crippen LogP contribution in [0.25, 0.3) is 0 Å². The van der Waals surface area contributed by atoms with Gasteiger partial charge in [0.1, 0.15) is 5.76 Å².